The SMILES string of the molecule is O=Cc1nc2cc(F)ccc2n1CF. The lowest BCUT2D eigenvalue weighted by atomic mass is 10.3. The molecule has 5 heteroatoms. The molecule has 0 fully saturated rings. The van der Waals surface area contributed by atoms with Crippen molar-refractivity contribution in [2.45, 2.75) is 6.80 Å². The number of rotatable bonds is 2. The molecule has 0 aliphatic rings. The summed E-state index contributed by atoms with van der Waals surface area (Å²) < 4.78 is 26.3. The molecule has 0 radical (unpaired) electrons. The fourth-order valence-corrected chi connectivity index (χ4v) is 1.34. The minimum absolute atomic E-state index is 0.0342. The molecule has 0 aliphatic carbocycles. The lowest BCUT2D eigenvalue weighted by Crippen LogP contribution is -1.98. The standard InChI is InChI=1S/C9H6F2N2O/c10-5-13-8-2-1-6(11)3-7(8)12-9(13)4-14/h1-4H,5H2. The van der Waals surface area contributed by atoms with Crippen LogP contribution < -0.4 is 0 Å². The van der Waals surface area contributed by atoms with Gasteiger partial charge in [-0.1, -0.05) is 0 Å². The van der Waals surface area contributed by atoms with Gasteiger partial charge >= 0.3 is 0 Å². The van der Waals surface area contributed by atoms with E-state index in [-0.39, 0.29) is 11.3 Å². The monoisotopic (exact) mass is 196 g/mol. The van der Waals surface area contributed by atoms with Gasteiger partial charge in [0.05, 0.1) is 11.0 Å². The largest absolute Gasteiger partial charge is 0.294 e. The van der Waals surface area contributed by atoms with Crippen molar-refractivity contribution in [1.82, 2.24) is 9.55 Å². The zero-order valence-electron chi connectivity index (χ0n) is 7.08. The van der Waals surface area contributed by atoms with Gasteiger partial charge in [-0.15, -0.1) is 0 Å². The van der Waals surface area contributed by atoms with Crippen LogP contribution in [0.2, 0.25) is 0 Å². The number of fused-ring (bicyclic) bond motifs is 1. The van der Waals surface area contributed by atoms with Crippen molar-refractivity contribution >= 4 is 17.3 Å². The van der Waals surface area contributed by atoms with Gasteiger partial charge in [0.15, 0.2) is 18.9 Å². The van der Waals surface area contributed by atoms with Crippen LogP contribution in [0.3, 0.4) is 0 Å². The molecule has 72 valence electrons. The number of imidazole rings is 1. The molecule has 0 saturated carbocycles. The summed E-state index contributed by atoms with van der Waals surface area (Å²) in [6, 6.07) is 3.75. The van der Waals surface area contributed by atoms with Crippen LogP contribution in [0, 0.1) is 5.82 Å². The Bertz CT molecular complexity index is 493. The maximum atomic E-state index is 12.8. The molecule has 1 aromatic carbocycles. The minimum Gasteiger partial charge on any atom is -0.294 e. The van der Waals surface area contributed by atoms with Gasteiger partial charge < -0.3 is 0 Å². The van der Waals surface area contributed by atoms with E-state index in [2.05, 4.69) is 4.98 Å². The van der Waals surface area contributed by atoms with Crippen molar-refractivity contribution in [3.05, 3.63) is 29.8 Å². The van der Waals surface area contributed by atoms with Crippen LogP contribution in [0.1, 0.15) is 10.6 Å². The van der Waals surface area contributed by atoms with E-state index in [4.69, 9.17) is 0 Å². The first-order chi connectivity index (χ1) is 6.76. The summed E-state index contributed by atoms with van der Waals surface area (Å²) in [6.07, 6.45) is 0.442. The fraction of sp³-hybridized carbons (Fsp3) is 0.111. The highest BCUT2D eigenvalue weighted by atomic mass is 19.1. The van der Waals surface area contributed by atoms with E-state index in [9.17, 15) is 13.6 Å². The number of alkyl halides is 1. The van der Waals surface area contributed by atoms with Gasteiger partial charge in [-0.25, -0.2) is 13.8 Å². The molecule has 0 saturated heterocycles. The van der Waals surface area contributed by atoms with Crippen molar-refractivity contribution in [3.63, 3.8) is 0 Å². The van der Waals surface area contributed by atoms with E-state index < -0.39 is 12.6 Å². The minimum atomic E-state index is -0.851. The predicted molar refractivity (Wildman–Crippen MR) is 46.2 cm³/mol. The van der Waals surface area contributed by atoms with Crippen LogP contribution in [0.15, 0.2) is 18.2 Å². The Kier molecular flexibility index (Phi) is 1.99. The van der Waals surface area contributed by atoms with Gasteiger partial charge in [-0.05, 0) is 12.1 Å². The van der Waals surface area contributed by atoms with Gasteiger partial charge in [0.1, 0.15) is 5.82 Å². The van der Waals surface area contributed by atoms with Gasteiger partial charge in [0.2, 0.25) is 0 Å². The zero-order chi connectivity index (χ0) is 10.1. The Balaban J connectivity index is 2.79. The average Bonchev–Trinajstić information content (AvgIpc) is 2.54. The van der Waals surface area contributed by atoms with Gasteiger partial charge in [-0.2, -0.15) is 0 Å². The molecule has 0 spiro atoms. The third-order valence-corrected chi connectivity index (χ3v) is 1.96. The molecular weight excluding hydrogens is 190 g/mol. The Labute approximate surface area is 78.0 Å². The van der Waals surface area contributed by atoms with Crippen molar-refractivity contribution < 1.29 is 13.6 Å². The number of carbonyl (C=O) groups is 1. The molecule has 0 N–H and O–H groups in total. The van der Waals surface area contributed by atoms with Crippen LogP contribution in [0.5, 0.6) is 0 Å². The van der Waals surface area contributed by atoms with Crippen LogP contribution in [0.4, 0.5) is 8.78 Å². The molecule has 0 unspecified atom stereocenters. The number of carbonyl (C=O) groups excluding carboxylic acids is 1. The molecule has 0 bridgehead atoms. The molecule has 3 nitrogen and oxygen atoms in total. The first kappa shape index (κ1) is 8.80. The number of benzene rings is 1. The van der Waals surface area contributed by atoms with Crippen molar-refractivity contribution in [2.75, 3.05) is 0 Å². The Hall–Kier alpha value is -1.78. The van der Waals surface area contributed by atoms with E-state index in [1.807, 2.05) is 0 Å². The molecule has 2 aromatic rings. The highest BCUT2D eigenvalue weighted by molar-refractivity contribution is 5.82. The molecule has 1 heterocycles. The normalized spacial score (nSPS) is 10.7. The third-order valence-electron chi connectivity index (χ3n) is 1.96. The quantitative estimate of drug-likeness (QED) is 0.687. The van der Waals surface area contributed by atoms with Crippen molar-refractivity contribution in [1.29, 1.82) is 0 Å². The maximum Gasteiger partial charge on any atom is 0.185 e. The number of halogens is 2. The number of nitrogens with zero attached hydrogens (tertiary/aromatic N) is 2. The summed E-state index contributed by atoms with van der Waals surface area (Å²) in [5, 5.41) is 0. The third kappa shape index (κ3) is 1.17. The summed E-state index contributed by atoms with van der Waals surface area (Å²) in [6.45, 7) is -0.851. The second-order valence-electron chi connectivity index (χ2n) is 2.77. The van der Waals surface area contributed by atoms with Crippen LogP contribution >= 0.6 is 0 Å². The summed E-state index contributed by atoms with van der Waals surface area (Å²) in [5.41, 5.74) is 0.695. The molecule has 2 rings (SSSR count). The van der Waals surface area contributed by atoms with E-state index >= 15 is 0 Å². The smallest absolute Gasteiger partial charge is 0.185 e. The number of aromatic nitrogens is 2. The lowest BCUT2D eigenvalue weighted by molar-refractivity contribution is 0.110. The van der Waals surface area contributed by atoms with Crippen LogP contribution in [0.25, 0.3) is 11.0 Å². The predicted octanol–water partition coefficient (Wildman–Crippen LogP) is 1.91. The lowest BCUT2D eigenvalue weighted by Gasteiger charge is -1.97. The molecule has 0 atom stereocenters. The Morgan fingerprint density at radius 1 is 1.50 bits per heavy atom. The molecule has 14 heavy (non-hydrogen) atoms. The summed E-state index contributed by atoms with van der Waals surface area (Å²) >= 11 is 0. The Morgan fingerprint density at radius 2 is 2.29 bits per heavy atom. The van der Waals surface area contributed by atoms with E-state index in [0.29, 0.717) is 11.8 Å². The second-order valence-corrected chi connectivity index (χ2v) is 2.77. The topological polar surface area (TPSA) is 34.9 Å². The zero-order valence-corrected chi connectivity index (χ0v) is 7.08. The average molecular weight is 196 g/mol. The number of aldehydes is 1. The number of hydrogen-bond acceptors (Lipinski definition) is 2. The summed E-state index contributed by atoms with van der Waals surface area (Å²) in [5.74, 6) is -0.494. The van der Waals surface area contributed by atoms with E-state index in [1.165, 1.54) is 12.1 Å². The van der Waals surface area contributed by atoms with Gasteiger partial charge in [0, 0.05) is 6.07 Å². The van der Waals surface area contributed by atoms with E-state index in [0.717, 1.165) is 10.6 Å². The first-order valence-electron chi connectivity index (χ1n) is 3.93. The number of hydrogen-bond donors (Lipinski definition) is 0. The summed E-state index contributed by atoms with van der Waals surface area (Å²) in [4.78, 5) is 14.3. The first-order valence-corrected chi connectivity index (χ1v) is 3.93. The van der Waals surface area contributed by atoms with Crippen molar-refractivity contribution in [2.24, 2.45) is 0 Å². The highest BCUT2D eigenvalue weighted by Gasteiger charge is 2.09. The van der Waals surface area contributed by atoms with Crippen molar-refractivity contribution in [3.8, 4) is 0 Å². The molecular formula is C9H6F2N2O. The van der Waals surface area contributed by atoms with Crippen LogP contribution in [-0.4, -0.2) is 15.8 Å². The Morgan fingerprint density at radius 3 is 2.93 bits per heavy atom. The maximum absolute atomic E-state index is 12.8. The highest BCUT2D eigenvalue weighted by Crippen LogP contribution is 2.16. The molecule has 0 amide bonds. The fourth-order valence-electron chi connectivity index (χ4n) is 1.34. The van der Waals surface area contributed by atoms with Crippen LogP contribution in [-0.2, 0) is 6.80 Å². The second kappa shape index (κ2) is 3.17. The van der Waals surface area contributed by atoms with Gasteiger partial charge in [0.25, 0.3) is 0 Å². The molecule has 1 aromatic heterocycles. The van der Waals surface area contributed by atoms with Gasteiger partial charge in [-0.3, -0.25) is 9.36 Å². The molecule has 0 aliphatic heterocycles. The van der Waals surface area contributed by atoms with E-state index in [1.54, 1.807) is 0 Å². The summed E-state index contributed by atoms with van der Waals surface area (Å²) in [7, 11) is 0.